The van der Waals surface area contributed by atoms with E-state index in [1.807, 2.05) is 45.0 Å². The lowest BCUT2D eigenvalue weighted by atomic mass is 10.2. The van der Waals surface area contributed by atoms with Gasteiger partial charge in [0.2, 0.25) is 0 Å². The Balaban J connectivity index is 1.85. The van der Waals surface area contributed by atoms with Crippen molar-refractivity contribution in [2.45, 2.75) is 20.8 Å². The van der Waals surface area contributed by atoms with Crippen molar-refractivity contribution < 1.29 is 19.1 Å². The summed E-state index contributed by atoms with van der Waals surface area (Å²) >= 11 is 0. The van der Waals surface area contributed by atoms with Crippen molar-refractivity contribution in [3.8, 4) is 5.75 Å². The number of aryl methyl sites for hydroxylation is 1. The fraction of sp³-hybridized carbons (Fsp3) is 0.300. The largest absolute Gasteiger partial charge is 0.483 e. The second-order valence-electron chi connectivity index (χ2n) is 6.17. The third-order valence-electron chi connectivity index (χ3n) is 3.40. The van der Waals surface area contributed by atoms with Crippen LogP contribution in [0, 0.1) is 12.8 Å². The van der Waals surface area contributed by atoms with Gasteiger partial charge in [0.05, 0.1) is 12.2 Å². The Morgan fingerprint density at radius 1 is 1.04 bits per heavy atom. The minimum absolute atomic E-state index is 0.0803. The smallest absolute Gasteiger partial charge is 0.338 e. The molecule has 5 nitrogen and oxygen atoms in total. The minimum Gasteiger partial charge on any atom is -0.483 e. The summed E-state index contributed by atoms with van der Waals surface area (Å²) in [5.41, 5.74) is 2.02. The number of rotatable bonds is 7. The molecule has 2 aromatic carbocycles. The van der Waals surface area contributed by atoms with Gasteiger partial charge < -0.3 is 14.8 Å². The van der Waals surface area contributed by atoms with E-state index in [1.165, 1.54) is 0 Å². The zero-order valence-corrected chi connectivity index (χ0v) is 14.7. The van der Waals surface area contributed by atoms with Crippen molar-refractivity contribution in [2.24, 2.45) is 5.92 Å². The first-order chi connectivity index (χ1) is 12.0. The van der Waals surface area contributed by atoms with Gasteiger partial charge in [0.25, 0.3) is 5.91 Å². The van der Waals surface area contributed by atoms with Gasteiger partial charge in [0.1, 0.15) is 5.75 Å². The van der Waals surface area contributed by atoms with E-state index >= 15 is 0 Å². The molecule has 25 heavy (non-hydrogen) atoms. The van der Waals surface area contributed by atoms with Crippen LogP contribution in [0.25, 0.3) is 0 Å². The number of nitrogens with one attached hydrogen (secondary N) is 1. The number of anilines is 1. The minimum atomic E-state index is -0.366. The average Bonchev–Trinajstić information content (AvgIpc) is 2.59. The van der Waals surface area contributed by atoms with Crippen LogP contribution in [0.4, 0.5) is 5.69 Å². The molecule has 0 aliphatic heterocycles. The van der Waals surface area contributed by atoms with E-state index in [0.717, 1.165) is 5.56 Å². The van der Waals surface area contributed by atoms with Crippen molar-refractivity contribution in [3.05, 3.63) is 59.7 Å². The first-order valence-electron chi connectivity index (χ1n) is 8.21. The topological polar surface area (TPSA) is 64.6 Å². The van der Waals surface area contributed by atoms with Gasteiger partial charge in [-0.05, 0) is 48.7 Å². The summed E-state index contributed by atoms with van der Waals surface area (Å²) in [7, 11) is 0. The molecule has 1 N–H and O–H groups in total. The molecule has 0 heterocycles. The molecule has 0 saturated heterocycles. The predicted octanol–water partition coefficient (Wildman–Crippen LogP) is 3.83. The van der Waals surface area contributed by atoms with Gasteiger partial charge in [-0.3, -0.25) is 4.79 Å². The number of amides is 1. The van der Waals surface area contributed by atoms with Crippen molar-refractivity contribution in [1.29, 1.82) is 0 Å². The molecule has 0 atom stereocenters. The molecule has 132 valence electrons. The molecule has 0 fully saturated rings. The maximum Gasteiger partial charge on any atom is 0.338 e. The number of para-hydroxylation sites is 1. The number of ether oxygens (including phenoxy) is 2. The average molecular weight is 341 g/mol. The highest BCUT2D eigenvalue weighted by Gasteiger charge is 2.09. The van der Waals surface area contributed by atoms with Crippen molar-refractivity contribution in [2.75, 3.05) is 18.5 Å². The second kappa shape index (κ2) is 8.87. The van der Waals surface area contributed by atoms with E-state index in [0.29, 0.717) is 23.6 Å². The molecule has 0 spiro atoms. The second-order valence-corrected chi connectivity index (χ2v) is 6.17. The van der Waals surface area contributed by atoms with Crippen LogP contribution < -0.4 is 10.1 Å². The van der Waals surface area contributed by atoms with E-state index in [-0.39, 0.29) is 24.4 Å². The first kappa shape index (κ1) is 18.5. The molecule has 0 unspecified atom stereocenters. The summed E-state index contributed by atoms with van der Waals surface area (Å²) in [6, 6.07) is 14.1. The van der Waals surface area contributed by atoms with Crippen LogP contribution in [0.15, 0.2) is 48.5 Å². The SMILES string of the molecule is Cc1ccccc1OCC(=O)Nc1ccc(C(=O)OCC(C)C)cc1. The molecule has 1 amide bonds. The molecule has 0 aromatic heterocycles. The Hall–Kier alpha value is -2.82. The number of esters is 1. The molecule has 0 aliphatic carbocycles. The van der Waals surface area contributed by atoms with Crippen molar-refractivity contribution >= 4 is 17.6 Å². The van der Waals surface area contributed by atoms with Gasteiger partial charge in [-0.15, -0.1) is 0 Å². The molecular weight excluding hydrogens is 318 g/mol. The summed E-state index contributed by atoms with van der Waals surface area (Å²) in [5.74, 6) is 0.338. The number of hydrogen-bond acceptors (Lipinski definition) is 4. The van der Waals surface area contributed by atoms with E-state index in [2.05, 4.69) is 5.32 Å². The Morgan fingerprint density at radius 2 is 1.72 bits per heavy atom. The maximum atomic E-state index is 12.0. The van der Waals surface area contributed by atoms with E-state index in [1.54, 1.807) is 24.3 Å². The molecule has 2 rings (SSSR count). The quantitative estimate of drug-likeness (QED) is 0.778. The lowest BCUT2D eigenvalue weighted by Crippen LogP contribution is -2.20. The van der Waals surface area contributed by atoms with Gasteiger partial charge >= 0.3 is 5.97 Å². The van der Waals surface area contributed by atoms with Gasteiger partial charge in [0, 0.05) is 5.69 Å². The Kier molecular flexibility index (Phi) is 6.57. The van der Waals surface area contributed by atoms with E-state index in [9.17, 15) is 9.59 Å². The van der Waals surface area contributed by atoms with Gasteiger partial charge in [-0.25, -0.2) is 4.79 Å². The summed E-state index contributed by atoms with van der Waals surface area (Å²) in [6.45, 7) is 6.18. The van der Waals surface area contributed by atoms with Gasteiger partial charge in [-0.1, -0.05) is 32.0 Å². The molecule has 0 aliphatic rings. The zero-order chi connectivity index (χ0) is 18.2. The lowest BCUT2D eigenvalue weighted by Gasteiger charge is -2.10. The Bertz CT molecular complexity index is 723. The lowest BCUT2D eigenvalue weighted by molar-refractivity contribution is -0.118. The Labute approximate surface area is 148 Å². The molecule has 5 heteroatoms. The monoisotopic (exact) mass is 341 g/mol. The van der Waals surface area contributed by atoms with Crippen LogP contribution in [0.3, 0.4) is 0 Å². The predicted molar refractivity (Wildman–Crippen MR) is 96.9 cm³/mol. The third kappa shape index (κ3) is 5.95. The van der Waals surface area contributed by atoms with Crippen LogP contribution in [-0.4, -0.2) is 25.1 Å². The van der Waals surface area contributed by atoms with Crippen LogP contribution in [0.1, 0.15) is 29.8 Å². The summed E-state index contributed by atoms with van der Waals surface area (Å²) in [4.78, 5) is 23.8. The van der Waals surface area contributed by atoms with Gasteiger partial charge in [-0.2, -0.15) is 0 Å². The Morgan fingerprint density at radius 3 is 2.36 bits per heavy atom. The highest BCUT2D eigenvalue weighted by Crippen LogP contribution is 2.16. The first-order valence-corrected chi connectivity index (χ1v) is 8.21. The van der Waals surface area contributed by atoms with Crippen LogP contribution >= 0.6 is 0 Å². The third-order valence-corrected chi connectivity index (χ3v) is 3.40. The maximum absolute atomic E-state index is 12.0. The molecule has 2 aromatic rings. The fourth-order valence-corrected chi connectivity index (χ4v) is 2.07. The molecule has 0 saturated carbocycles. The van der Waals surface area contributed by atoms with Crippen LogP contribution in [-0.2, 0) is 9.53 Å². The molecule has 0 radical (unpaired) electrons. The number of carbonyl (C=O) groups is 2. The summed E-state index contributed by atoms with van der Waals surface area (Å²) in [6.07, 6.45) is 0. The standard InChI is InChI=1S/C20H23NO4/c1-14(2)12-25-20(23)16-8-10-17(11-9-16)21-19(22)13-24-18-7-5-4-6-15(18)3/h4-11,14H,12-13H2,1-3H3,(H,21,22). The normalized spacial score (nSPS) is 10.4. The number of benzene rings is 2. The number of hydrogen-bond donors (Lipinski definition) is 1. The highest BCUT2D eigenvalue weighted by molar-refractivity contribution is 5.93. The van der Waals surface area contributed by atoms with Crippen molar-refractivity contribution in [3.63, 3.8) is 0 Å². The van der Waals surface area contributed by atoms with Crippen LogP contribution in [0.5, 0.6) is 5.75 Å². The van der Waals surface area contributed by atoms with Crippen LogP contribution in [0.2, 0.25) is 0 Å². The molecule has 0 bridgehead atoms. The summed E-state index contributed by atoms with van der Waals surface area (Å²) in [5, 5.41) is 2.73. The van der Waals surface area contributed by atoms with E-state index < -0.39 is 0 Å². The zero-order valence-electron chi connectivity index (χ0n) is 14.7. The summed E-state index contributed by atoms with van der Waals surface area (Å²) < 4.78 is 10.7. The van der Waals surface area contributed by atoms with Crippen molar-refractivity contribution in [1.82, 2.24) is 0 Å². The molecular formula is C20H23NO4. The van der Waals surface area contributed by atoms with Gasteiger partial charge in [0.15, 0.2) is 6.61 Å². The van der Waals surface area contributed by atoms with E-state index in [4.69, 9.17) is 9.47 Å². The number of carbonyl (C=O) groups excluding carboxylic acids is 2. The highest BCUT2D eigenvalue weighted by atomic mass is 16.5. The fourth-order valence-electron chi connectivity index (χ4n) is 2.07.